The third kappa shape index (κ3) is 3.15. The average molecular weight is 302 g/mol. The quantitative estimate of drug-likeness (QED) is 0.772. The standard InChI is InChI=1S/C11H18N4O4S/c1-8-12-11(19-13-8)9-5-4-6-15(9)10(16)7-14(2)20(3,17)18/h9H,4-7H2,1-3H3. The van der Waals surface area contributed by atoms with Gasteiger partial charge in [-0.1, -0.05) is 5.16 Å². The number of sulfonamides is 1. The number of likely N-dealkylation sites (N-methyl/N-ethyl adjacent to an activating group) is 1. The minimum Gasteiger partial charge on any atom is -0.337 e. The highest BCUT2D eigenvalue weighted by Gasteiger charge is 2.34. The number of aromatic nitrogens is 2. The van der Waals surface area contributed by atoms with Gasteiger partial charge in [-0.25, -0.2) is 8.42 Å². The summed E-state index contributed by atoms with van der Waals surface area (Å²) in [5.41, 5.74) is 0. The Kier molecular flexibility index (Phi) is 4.09. The molecular formula is C11H18N4O4S. The zero-order valence-electron chi connectivity index (χ0n) is 11.7. The Hall–Kier alpha value is -1.48. The molecule has 1 amide bonds. The van der Waals surface area contributed by atoms with Crippen molar-refractivity contribution >= 4 is 15.9 Å². The monoisotopic (exact) mass is 302 g/mol. The number of likely N-dealkylation sites (tertiary alicyclic amines) is 1. The molecule has 0 radical (unpaired) electrons. The number of carbonyl (C=O) groups is 1. The van der Waals surface area contributed by atoms with Crippen LogP contribution in [0.4, 0.5) is 0 Å². The van der Waals surface area contributed by atoms with Crippen LogP contribution in [0.15, 0.2) is 4.52 Å². The molecule has 2 rings (SSSR count). The lowest BCUT2D eigenvalue weighted by molar-refractivity contribution is -0.132. The Balaban J connectivity index is 2.09. The van der Waals surface area contributed by atoms with E-state index in [4.69, 9.17) is 4.52 Å². The number of rotatable bonds is 4. The molecule has 0 aromatic carbocycles. The van der Waals surface area contributed by atoms with Crippen LogP contribution in [0.25, 0.3) is 0 Å². The second-order valence-corrected chi connectivity index (χ2v) is 7.03. The highest BCUT2D eigenvalue weighted by Crippen LogP contribution is 2.30. The lowest BCUT2D eigenvalue weighted by Gasteiger charge is -2.24. The Bertz CT molecular complexity index is 597. The van der Waals surface area contributed by atoms with Crippen molar-refractivity contribution in [3.8, 4) is 0 Å². The summed E-state index contributed by atoms with van der Waals surface area (Å²) in [4.78, 5) is 18.0. The van der Waals surface area contributed by atoms with E-state index < -0.39 is 10.0 Å². The highest BCUT2D eigenvalue weighted by molar-refractivity contribution is 7.88. The molecule has 8 nitrogen and oxygen atoms in total. The van der Waals surface area contributed by atoms with E-state index in [1.807, 2.05) is 0 Å². The Morgan fingerprint density at radius 3 is 2.80 bits per heavy atom. The molecule has 1 saturated heterocycles. The minimum absolute atomic E-state index is 0.178. The third-order valence-corrected chi connectivity index (χ3v) is 4.59. The molecule has 1 atom stereocenters. The van der Waals surface area contributed by atoms with Gasteiger partial charge in [0.25, 0.3) is 0 Å². The maximum atomic E-state index is 12.2. The van der Waals surface area contributed by atoms with E-state index in [2.05, 4.69) is 10.1 Å². The van der Waals surface area contributed by atoms with Crippen LogP contribution >= 0.6 is 0 Å². The van der Waals surface area contributed by atoms with Crippen molar-refractivity contribution in [3.05, 3.63) is 11.7 Å². The van der Waals surface area contributed by atoms with Crippen LogP contribution < -0.4 is 0 Å². The molecule has 1 fully saturated rings. The fraction of sp³-hybridized carbons (Fsp3) is 0.727. The van der Waals surface area contributed by atoms with Crippen LogP contribution in [0.1, 0.15) is 30.6 Å². The van der Waals surface area contributed by atoms with Crippen LogP contribution in [0.2, 0.25) is 0 Å². The largest absolute Gasteiger partial charge is 0.337 e. The first-order valence-corrected chi connectivity index (χ1v) is 8.15. The van der Waals surface area contributed by atoms with Gasteiger partial charge in [-0.05, 0) is 19.8 Å². The molecule has 1 aliphatic rings. The second kappa shape index (κ2) is 5.49. The van der Waals surface area contributed by atoms with Gasteiger partial charge in [0.05, 0.1) is 12.8 Å². The summed E-state index contributed by atoms with van der Waals surface area (Å²) in [6.07, 6.45) is 2.65. The Labute approximate surface area is 117 Å². The normalized spacial score (nSPS) is 19.8. The lowest BCUT2D eigenvalue weighted by atomic mass is 10.2. The van der Waals surface area contributed by atoms with E-state index in [0.29, 0.717) is 18.3 Å². The highest BCUT2D eigenvalue weighted by atomic mass is 32.2. The molecule has 9 heteroatoms. The molecule has 0 saturated carbocycles. The van der Waals surface area contributed by atoms with E-state index in [1.54, 1.807) is 11.8 Å². The van der Waals surface area contributed by atoms with Crippen molar-refractivity contribution in [2.24, 2.45) is 0 Å². The van der Waals surface area contributed by atoms with Gasteiger partial charge >= 0.3 is 0 Å². The fourth-order valence-corrected chi connectivity index (χ4v) is 2.51. The fourth-order valence-electron chi connectivity index (χ4n) is 2.17. The van der Waals surface area contributed by atoms with Crippen LogP contribution in [0.5, 0.6) is 0 Å². The SMILES string of the molecule is Cc1noc(C2CCCN2C(=O)CN(C)S(C)(=O)=O)n1. The molecular weight excluding hydrogens is 284 g/mol. The van der Waals surface area contributed by atoms with Gasteiger partial charge in [0.1, 0.15) is 6.04 Å². The number of nitrogens with zero attached hydrogens (tertiary/aromatic N) is 4. The van der Waals surface area contributed by atoms with Crippen molar-refractivity contribution in [3.63, 3.8) is 0 Å². The minimum atomic E-state index is -3.37. The molecule has 2 heterocycles. The molecule has 0 bridgehead atoms. The van der Waals surface area contributed by atoms with E-state index in [0.717, 1.165) is 23.4 Å². The molecule has 0 N–H and O–H groups in total. The topological polar surface area (TPSA) is 96.6 Å². The van der Waals surface area contributed by atoms with Gasteiger partial charge in [0.15, 0.2) is 5.82 Å². The molecule has 1 aromatic rings. The van der Waals surface area contributed by atoms with E-state index in [9.17, 15) is 13.2 Å². The second-order valence-electron chi connectivity index (χ2n) is 4.94. The maximum Gasteiger partial charge on any atom is 0.249 e. The van der Waals surface area contributed by atoms with Gasteiger partial charge in [-0.15, -0.1) is 0 Å². The van der Waals surface area contributed by atoms with E-state index in [-0.39, 0.29) is 18.5 Å². The zero-order chi connectivity index (χ0) is 14.9. The van der Waals surface area contributed by atoms with Gasteiger partial charge in [-0.3, -0.25) is 4.79 Å². The van der Waals surface area contributed by atoms with Crippen molar-refractivity contribution in [1.29, 1.82) is 0 Å². The maximum absolute atomic E-state index is 12.2. The molecule has 112 valence electrons. The molecule has 1 aliphatic heterocycles. The first-order chi connectivity index (χ1) is 9.29. The van der Waals surface area contributed by atoms with Crippen molar-refractivity contribution < 1.29 is 17.7 Å². The van der Waals surface area contributed by atoms with Crippen LogP contribution in [-0.2, 0) is 14.8 Å². The first-order valence-electron chi connectivity index (χ1n) is 6.30. The summed E-state index contributed by atoms with van der Waals surface area (Å²) < 4.78 is 28.8. The number of carbonyl (C=O) groups excluding carboxylic acids is 1. The van der Waals surface area contributed by atoms with E-state index >= 15 is 0 Å². The predicted molar refractivity (Wildman–Crippen MR) is 70.2 cm³/mol. The van der Waals surface area contributed by atoms with Crippen molar-refractivity contribution in [2.75, 3.05) is 26.4 Å². The lowest BCUT2D eigenvalue weighted by Crippen LogP contribution is -2.40. The van der Waals surface area contributed by atoms with Crippen LogP contribution in [0.3, 0.4) is 0 Å². The molecule has 1 unspecified atom stereocenters. The van der Waals surface area contributed by atoms with E-state index in [1.165, 1.54) is 7.05 Å². The van der Waals surface area contributed by atoms with Crippen LogP contribution in [-0.4, -0.2) is 60.1 Å². The number of hydrogen-bond acceptors (Lipinski definition) is 6. The van der Waals surface area contributed by atoms with Gasteiger partial charge in [0, 0.05) is 13.6 Å². The smallest absolute Gasteiger partial charge is 0.249 e. The van der Waals surface area contributed by atoms with Gasteiger partial charge in [-0.2, -0.15) is 9.29 Å². The Morgan fingerprint density at radius 1 is 1.55 bits per heavy atom. The molecule has 0 spiro atoms. The van der Waals surface area contributed by atoms with Crippen LogP contribution in [0, 0.1) is 6.92 Å². The molecule has 20 heavy (non-hydrogen) atoms. The third-order valence-electron chi connectivity index (χ3n) is 3.33. The number of hydrogen-bond donors (Lipinski definition) is 0. The molecule has 1 aromatic heterocycles. The Morgan fingerprint density at radius 2 is 2.25 bits per heavy atom. The summed E-state index contributed by atoms with van der Waals surface area (Å²) >= 11 is 0. The van der Waals surface area contributed by atoms with Gasteiger partial charge < -0.3 is 9.42 Å². The average Bonchev–Trinajstić information content (AvgIpc) is 2.95. The zero-order valence-corrected chi connectivity index (χ0v) is 12.6. The molecule has 0 aliphatic carbocycles. The predicted octanol–water partition coefficient (Wildman–Crippen LogP) is -0.0671. The summed E-state index contributed by atoms with van der Waals surface area (Å²) in [6, 6.07) is -0.253. The summed E-state index contributed by atoms with van der Waals surface area (Å²) in [7, 11) is -1.99. The summed E-state index contributed by atoms with van der Waals surface area (Å²) in [6.45, 7) is 2.11. The summed E-state index contributed by atoms with van der Waals surface area (Å²) in [5, 5.41) is 3.72. The van der Waals surface area contributed by atoms with Gasteiger partial charge in [0.2, 0.25) is 21.8 Å². The summed E-state index contributed by atoms with van der Waals surface area (Å²) in [5.74, 6) is 0.680. The van der Waals surface area contributed by atoms with Crippen molar-refractivity contribution in [1.82, 2.24) is 19.3 Å². The van der Waals surface area contributed by atoms with Crippen molar-refractivity contribution in [2.45, 2.75) is 25.8 Å². The number of amides is 1. The number of aryl methyl sites for hydroxylation is 1. The first kappa shape index (κ1) is 14.9.